The van der Waals surface area contributed by atoms with Crippen LogP contribution in [-0.2, 0) is 6.42 Å². The molecule has 2 aromatic rings. The van der Waals surface area contributed by atoms with Crippen molar-refractivity contribution >= 4 is 11.5 Å². The van der Waals surface area contributed by atoms with E-state index in [1.165, 1.54) is 11.3 Å². The number of carbonyl (C=O) groups is 1. The molecule has 1 aromatic heterocycles. The van der Waals surface area contributed by atoms with E-state index in [9.17, 15) is 4.79 Å². The van der Waals surface area contributed by atoms with Crippen LogP contribution in [-0.4, -0.2) is 23.4 Å². The Labute approximate surface area is 113 Å². The number of aryl methyl sites for hydroxylation is 1. The van der Waals surface area contributed by atoms with Gasteiger partial charge < -0.3 is 9.88 Å². The Bertz CT molecular complexity index is 574. The van der Waals surface area contributed by atoms with Crippen LogP contribution in [0, 0.1) is 0 Å². The highest BCUT2D eigenvalue weighted by molar-refractivity contribution is 5.97. The van der Waals surface area contributed by atoms with E-state index in [0.717, 1.165) is 12.8 Å². The Morgan fingerprint density at radius 3 is 2.95 bits per heavy atom. The summed E-state index contributed by atoms with van der Waals surface area (Å²) in [7, 11) is 0. The number of para-hydroxylation sites is 1. The second-order valence-corrected chi connectivity index (χ2v) is 5.15. The minimum atomic E-state index is 0.147. The quantitative estimate of drug-likeness (QED) is 0.855. The summed E-state index contributed by atoms with van der Waals surface area (Å²) < 4.78 is 0. The van der Waals surface area contributed by atoms with Crippen LogP contribution >= 0.6 is 0 Å². The van der Waals surface area contributed by atoms with Gasteiger partial charge in [-0.15, -0.1) is 0 Å². The van der Waals surface area contributed by atoms with Crippen molar-refractivity contribution < 1.29 is 4.79 Å². The van der Waals surface area contributed by atoms with E-state index in [4.69, 9.17) is 0 Å². The third-order valence-corrected chi connectivity index (χ3v) is 3.88. The van der Waals surface area contributed by atoms with Crippen LogP contribution in [0.3, 0.4) is 0 Å². The first kappa shape index (κ1) is 12.0. The molecule has 3 heteroatoms. The molecule has 1 aliphatic rings. The maximum absolute atomic E-state index is 12.3. The fourth-order valence-corrected chi connectivity index (χ4v) is 2.74. The van der Waals surface area contributed by atoms with Crippen molar-refractivity contribution in [2.75, 3.05) is 11.4 Å². The van der Waals surface area contributed by atoms with E-state index in [0.29, 0.717) is 18.3 Å². The smallest absolute Gasteiger partial charge is 0.198 e. The summed E-state index contributed by atoms with van der Waals surface area (Å²) in [6.45, 7) is 2.64. The number of benzene rings is 1. The maximum atomic E-state index is 12.3. The largest absolute Gasteiger partial charge is 0.361 e. The average Bonchev–Trinajstić information content (AvgIpc) is 2.96. The Balaban J connectivity index is 1.86. The number of H-pyrrole nitrogens is 1. The summed E-state index contributed by atoms with van der Waals surface area (Å²) in [5.41, 5.74) is 3.25. The summed E-state index contributed by atoms with van der Waals surface area (Å²) in [5, 5.41) is 0. The molecule has 2 heterocycles. The highest BCUT2D eigenvalue weighted by atomic mass is 16.1. The molecule has 3 rings (SSSR count). The molecule has 0 amide bonds. The topological polar surface area (TPSA) is 36.1 Å². The lowest BCUT2D eigenvalue weighted by atomic mass is 9.96. The molecule has 1 atom stereocenters. The summed E-state index contributed by atoms with van der Waals surface area (Å²) >= 11 is 0. The van der Waals surface area contributed by atoms with Gasteiger partial charge in [0.2, 0.25) is 0 Å². The summed E-state index contributed by atoms with van der Waals surface area (Å²) in [4.78, 5) is 17.5. The molecule has 1 aliphatic heterocycles. The van der Waals surface area contributed by atoms with Gasteiger partial charge in [0, 0.05) is 17.9 Å². The molecule has 19 heavy (non-hydrogen) atoms. The zero-order chi connectivity index (χ0) is 13.2. The summed E-state index contributed by atoms with van der Waals surface area (Å²) in [5.74, 6) is 0.147. The molecule has 0 saturated carbocycles. The van der Waals surface area contributed by atoms with Gasteiger partial charge in [-0.1, -0.05) is 18.2 Å². The number of ketones is 1. The second kappa shape index (κ2) is 4.92. The van der Waals surface area contributed by atoms with Gasteiger partial charge in [0.15, 0.2) is 5.78 Å². The molecule has 0 aliphatic carbocycles. The summed E-state index contributed by atoms with van der Waals surface area (Å²) in [6.07, 6.45) is 4.00. The monoisotopic (exact) mass is 254 g/mol. The molecule has 1 N–H and O–H groups in total. The Morgan fingerprint density at radius 1 is 1.32 bits per heavy atom. The molecular formula is C16H18N2O. The van der Waals surface area contributed by atoms with Crippen molar-refractivity contribution in [2.45, 2.75) is 25.8 Å². The minimum absolute atomic E-state index is 0.147. The number of anilines is 1. The van der Waals surface area contributed by atoms with Gasteiger partial charge in [-0.3, -0.25) is 4.79 Å². The number of aromatic amines is 1. The SMILES string of the molecule is CC1CCc2ccccc2N1CC(=O)c1ccc[nH]1. The predicted octanol–water partition coefficient (Wildman–Crippen LogP) is 3.04. The van der Waals surface area contributed by atoms with Crippen LogP contribution in [0.5, 0.6) is 0 Å². The lowest BCUT2D eigenvalue weighted by Gasteiger charge is -2.36. The van der Waals surface area contributed by atoms with Gasteiger partial charge in [0.05, 0.1) is 12.2 Å². The molecular weight excluding hydrogens is 236 g/mol. The van der Waals surface area contributed by atoms with Crippen molar-refractivity contribution in [3.05, 3.63) is 53.9 Å². The van der Waals surface area contributed by atoms with Gasteiger partial charge >= 0.3 is 0 Å². The van der Waals surface area contributed by atoms with Gasteiger partial charge in [-0.05, 0) is 43.5 Å². The zero-order valence-corrected chi connectivity index (χ0v) is 11.1. The average molecular weight is 254 g/mol. The Kier molecular flexibility index (Phi) is 3.11. The normalized spacial score (nSPS) is 18.2. The van der Waals surface area contributed by atoms with E-state index < -0.39 is 0 Å². The molecule has 0 radical (unpaired) electrons. The number of fused-ring (bicyclic) bond motifs is 1. The fraction of sp³-hybridized carbons (Fsp3) is 0.312. The van der Waals surface area contributed by atoms with Crippen LogP contribution in [0.2, 0.25) is 0 Å². The van der Waals surface area contributed by atoms with Gasteiger partial charge in [-0.2, -0.15) is 0 Å². The van der Waals surface area contributed by atoms with Gasteiger partial charge in [-0.25, -0.2) is 0 Å². The predicted molar refractivity (Wildman–Crippen MR) is 76.7 cm³/mol. The number of carbonyl (C=O) groups excluding carboxylic acids is 1. The number of hydrogen-bond acceptors (Lipinski definition) is 2. The molecule has 0 saturated heterocycles. The van der Waals surface area contributed by atoms with Crippen LogP contribution in [0.1, 0.15) is 29.4 Å². The van der Waals surface area contributed by atoms with Crippen LogP contribution < -0.4 is 4.90 Å². The van der Waals surface area contributed by atoms with Crippen molar-refractivity contribution in [1.82, 2.24) is 4.98 Å². The first-order valence-corrected chi connectivity index (χ1v) is 6.77. The zero-order valence-electron chi connectivity index (χ0n) is 11.1. The van der Waals surface area contributed by atoms with E-state index >= 15 is 0 Å². The van der Waals surface area contributed by atoms with Crippen LogP contribution in [0.15, 0.2) is 42.6 Å². The van der Waals surface area contributed by atoms with Crippen LogP contribution in [0.4, 0.5) is 5.69 Å². The number of Topliss-reactive ketones (excluding diaryl/α,β-unsaturated/α-hetero) is 1. The molecule has 0 spiro atoms. The first-order valence-electron chi connectivity index (χ1n) is 6.77. The van der Waals surface area contributed by atoms with E-state index in [1.54, 1.807) is 6.20 Å². The second-order valence-electron chi connectivity index (χ2n) is 5.15. The van der Waals surface area contributed by atoms with E-state index in [-0.39, 0.29) is 5.78 Å². The van der Waals surface area contributed by atoms with Crippen molar-refractivity contribution in [2.24, 2.45) is 0 Å². The van der Waals surface area contributed by atoms with Gasteiger partial charge in [0.1, 0.15) is 0 Å². The van der Waals surface area contributed by atoms with E-state index in [2.05, 4.69) is 35.0 Å². The molecule has 98 valence electrons. The number of nitrogens with one attached hydrogen (secondary N) is 1. The van der Waals surface area contributed by atoms with E-state index in [1.807, 2.05) is 18.2 Å². The van der Waals surface area contributed by atoms with Crippen molar-refractivity contribution in [3.8, 4) is 0 Å². The molecule has 0 fully saturated rings. The first-order chi connectivity index (χ1) is 9.25. The Morgan fingerprint density at radius 2 is 2.16 bits per heavy atom. The minimum Gasteiger partial charge on any atom is -0.361 e. The third-order valence-electron chi connectivity index (χ3n) is 3.88. The fourth-order valence-electron chi connectivity index (χ4n) is 2.74. The van der Waals surface area contributed by atoms with Crippen molar-refractivity contribution in [3.63, 3.8) is 0 Å². The lowest BCUT2D eigenvalue weighted by Crippen LogP contribution is -2.40. The Hall–Kier alpha value is -2.03. The van der Waals surface area contributed by atoms with Gasteiger partial charge in [0.25, 0.3) is 0 Å². The lowest BCUT2D eigenvalue weighted by molar-refractivity contribution is 0.0992. The molecule has 1 aromatic carbocycles. The standard InChI is InChI=1S/C16H18N2O/c1-12-8-9-13-5-2-3-7-15(13)18(12)11-16(19)14-6-4-10-17-14/h2-7,10,12,17H,8-9,11H2,1H3. The highest BCUT2D eigenvalue weighted by Crippen LogP contribution is 2.30. The van der Waals surface area contributed by atoms with Crippen molar-refractivity contribution in [1.29, 1.82) is 0 Å². The third kappa shape index (κ3) is 2.28. The number of hydrogen-bond donors (Lipinski definition) is 1. The number of aromatic nitrogens is 1. The molecule has 1 unspecified atom stereocenters. The van der Waals surface area contributed by atoms with Crippen LogP contribution in [0.25, 0.3) is 0 Å². The maximum Gasteiger partial charge on any atom is 0.198 e. The molecule has 3 nitrogen and oxygen atoms in total. The number of nitrogens with zero attached hydrogens (tertiary/aromatic N) is 1. The highest BCUT2D eigenvalue weighted by Gasteiger charge is 2.24. The molecule has 0 bridgehead atoms. The summed E-state index contributed by atoms with van der Waals surface area (Å²) in [6, 6.07) is 12.5. The number of rotatable bonds is 3.